The van der Waals surface area contributed by atoms with Crippen molar-refractivity contribution in [3.63, 3.8) is 0 Å². The number of carbonyl (C=O) groups is 3. The van der Waals surface area contributed by atoms with Crippen molar-refractivity contribution in [1.82, 2.24) is 10.2 Å². The van der Waals surface area contributed by atoms with E-state index in [1.54, 1.807) is 37.4 Å². The van der Waals surface area contributed by atoms with E-state index in [0.717, 1.165) is 16.1 Å². The van der Waals surface area contributed by atoms with E-state index >= 15 is 0 Å². The zero-order valence-corrected chi connectivity index (χ0v) is 25.6. The summed E-state index contributed by atoms with van der Waals surface area (Å²) in [6.07, 6.45) is 1.92. The third kappa shape index (κ3) is 8.91. The van der Waals surface area contributed by atoms with Crippen molar-refractivity contribution >= 4 is 33.3 Å². The number of benzene rings is 3. The van der Waals surface area contributed by atoms with Gasteiger partial charge in [0.15, 0.2) is 5.78 Å². The molecule has 0 unspecified atom stereocenters. The van der Waals surface area contributed by atoms with E-state index in [4.69, 9.17) is 4.74 Å². The summed E-state index contributed by atoms with van der Waals surface area (Å²) in [6.45, 7) is 4.70. The molecule has 0 saturated heterocycles. The van der Waals surface area contributed by atoms with E-state index in [1.165, 1.54) is 24.0 Å². The van der Waals surface area contributed by atoms with Crippen molar-refractivity contribution in [1.29, 1.82) is 0 Å². The van der Waals surface area contributed by atoms with Crippen molar-refractivity contribution in [3.8, 4) is 5.75 Å². The number of sulfonamides is 1. The normalized spacial score (nSPS) is 12.6. The van der Waals surface area contributed by atoms with Gasteiger partial charge in [0, 0.05) is 24.6 Å². The first kappa shape index (κ1) is 32.3. The van der Waals surface area contributed by atoms with E-state index in [2.05, 4.69) is 5.32 Å². The summed E-state index contributed by atoms with van der Waals surface area (Å²) in [6, 6.07) is 21.6. The Balaban J connectivity index is 2.09. The average molecular weight is 594 g/mol. The molecule has 2 atom stereocenters. The second kappa shape index (κ2) is 14.6. The monoisotopic (exact) mass is 593 g/mol. The van der Waals surface area contributed by atoms with Crippen LogP contribution in [0.4, 0.5) is 5.69 Å². The van der Waals surface area contributed by atoms with Gasteiger partial charge in [-0.15, -0.1) is 0 Å². The topological polar surface area (TPSA) is 113 Å². The van der Waals surface area contributed by atoms with Crippen LogP contribution in [0.2, 0.25) is 0 Å². The van der Waals surface area contributed by atoms with Crippen LogP contribution in [-0.4, -0.2) is 62.9 Å². The third-order valence-electron chi connectivity index (χ3n) is 6.98. The highest BCUT2D eigenvalue weighted by Gasteiger charge is 2.33. The molecule has 10 heteroatoms. The Hall–Kier alpha value is -4.18. The Bertz CT molecular complexity index is 1490. The zero-order chi connectivity index (χ0) is 30.9. The van der Waals surface area contributed by atoms with E-state index in [1.807, 2.05) is 50.2 Å². The summed E-state index contributed by atoms with van der Waals surface area (Å²) in [4.78, 5) is 41.4. The predicted molar refractivity (Wildman–Crippen MR) is 164 cm³/mol. The van der Waals surface area contributed by atoms with E-state index in [-0.39, 0.29) is 36.4 Å². The average Bonchev–Trinajstić information content (AvgIpc) is 2.97. The number of ketones is 1. The molecule has 2 amide bonds. The van der Waals surface area contributed by atoms with Crippen LogP contribution in [0.5, 0.6) is 5.75 Å². The lowest BCUT2D eigenvalue weighted by atomic mass is 10.0. The quantitative estimate of drug-likeness (QED) is 0.280. The van der Waals surface area contributed by atoms with E-state index in [9.17, 15) is 22.8 Å². The van der Waals surface area contributed by atoms with Crippen LogP contribution in [0.1, 0.15) is 48.7 Å². The van der Waals surface area contributed by atoms with Crippen molar-refractivity contribution in [2.24, 2.45) is 0 Å². The maximum atomic E-state index is 14.2. The Labute approximate surface area is 248 Å². The fraction of sp³-hybridized carbons (Fsp3) is 0.344. The smallest absolute Gasteiger partial charge is 0.244 e. The van der Waals surface area contributed by atoms with Crippen LogP contribution in [0.15, 0.2) is 78.9 Å². The summed E-state index contributed by atoms with van der Waals surface area (Å²) >= 11 is 0. The summed E-state index contributed by atoms with van der Waals surface area (Å²) in [7, 11) is -2.41. The van der Waals surface area contributed by atoms with Gasteiger partial charge in [0.05, 0.1) is 19.1 Å². The van der Waals surface area contributed by atoms with Gasteiger partial charge in [0.25, 0.3) is 0 Å². The number of nitrogens with zero attached hydrogens (tertiary/aromatic N) is 2. The second-order valence-corrected chi connectivity index (χ2v) is 12.2. The predicted octanol–water partition coefficient (Wildman–Crippen LogP) is 4.22. The fourth-order valence-electron chi connectivity index (χ4n) is 4.46. The molecule has 3 aromatic carbocycles. The second-order valence-electron chi connectivity index (χ2n) is 10.3. The summed E-state index contributed by atoms with van der Waals surface area (Å²) in [5, 5.41) is 3.00. The molecule has 3 aromatic rings. The first-order valence-corrected chi connectivity index (χ1v) is 15.6. The SMILES string of the molecule is CC[C@H](C)NC(=O)[C@@H](Cc1ccccc1)N(Cc1cccc(OC)c1)C(=O)CN(c1cccc(C(C)=O)c1)S(C)(=O)=O. The Morgan fingerprint density at radius 2 is 1.60 bits per heavy atom. The first-order valence-electron chi connectivity index (χ1n) is 13.8. The highest BCUT2D eigenvalue weighted by Crippen LogP contribution is 2.23. The molecule has 0 aliphatic rings. The van der Waals surface area contributed by atoms with Crippen LogP contribution in [0.25, 0.3) is 0 Å². The molecule has 224 valence electrons. The van der Waals surface area contributed by atoms with Gasteiger partial charge in [-0.25, -0.2) is 8.42 Å². The van der Waals surface area contributed by atoms with Crippen molar-refractivity contribution in [3.05, 3.63) is 95.6 Å². The molecule has 0 spiro atoms. The van der Waals surface area contributed by atoms with Crippen molar-refractivity contribution in [2.45, 2.75) is 52.2 Å². The molecule has 0 saturated carbocycles. The lowest BCUT2D eigenvalue weighted by molar-refractivity contribution is -0.140. The van der Waals surface area contributed by atoms with Crippen molar-refractivity contribution in [2.75, 3.05) is 24.2 Å². The highest BCUT2D eigenvalue weighted by molar-refractivity contribution is 7.92. The van der Waals surface area contributed by atoms with Crippen LogP contribution >= 0.6 is 0 Å². The number of Topliss-reactive ketones (excluding diaryl/α,β-unsaturated/α-hetero) is 1. The minimum atomic E-state index is -3.95. The van der Waals surface area contributed by atoms with Crippen LogP contribution in [-0.2, 0) is 32.6 Å². The molecule has 9 nitrogen and oxygen atoms in total. The number of methoxy groups -OCH3 is 1. The molecule has 0 fully saturated rings. The van der Waals surface area contributed by atoms with Gasteiger partial charge in [-0.05, 0) is 55.7 Å². The van der Waals surface area contributed by atoms with Gasteiger partial charge in [0.1, 0.15) is 18.3 Å². The Morgan fingerprint density at radius 3 is 2.21 bits per heavy atom. The fourth-order valence-corrected chi connectivity index (χ4v) is 5.30. The van der Waals surface area contributed by atoms with Gasteiger partial charge < -0.3 is 15.0 Å². The van der Waals surface area contributed by atoms with Crippen LogP contribution in [0.3, 0.4) is 0 Å². The van der Waals surface area contributed by atoms with Gasteiger partial charge in [-0.1, -0.05) is 61.5 Å². The van der Waals surface area contributed by atoms with Gasteiger partial charge in [-0.2, -0.15) is 0 Å². The standard InChI is InChI=1S/C32H39N3O6S/c1-6-23(2)33-32(38)30(19-25-12-8-7-9-13-25)34(21-26-14-10-17-29(18-26)41-4)31(37)22-35(42(5,39)40)28-16-11-15-27(20-28)24(3)36/h7-18,20,23,30H,6,19,21-22H2,1-5H3,(H,33,38)/t23-,30+/m0/s1. The molecule has 0 radical (unpaired) electrons. The minimum Gasteiger partial charge on any atom is -0.497 e. The molecule has 0 bridgehead atoms. The minimum absolute atomic E-state index is 0.0343. The number of ether oxygens (including phenoxy) is 1. The Kier molecular flexibility index (Phi) is 11.3. The lowest BCUT2D eigenvalue weighted by Gasteiger charge is -2.34. The number of rotatable bonds is 14. The summed E-state index contributed by atoms with van der Waals surface area (Å²) in [5.41, 5.74) is 2.06. The molecule has 0 aliphatic heterocycles. The van der Waals surface area contributed by atoms with Gasteiger partial charge in [0.2, 0.25) is 21.8 Å². The number of nitrogens with one attached hydrogen (secondary N) is 1. The van der Waals surface area contributed by atoms with E-state index < -0.39 is 28.5 Å². The number of carbonyl (C=O) groups excluding carboxylic acids is 3. The Morgan fingerprint density at radius 1 is 0.929 bits per heavy atom. The molecule has 0 aliphatic carbocycles. The largest absolute Gasteiger partial charge is 0.497 e. The highest BCUT2D eigenvalue weighted by atomic mass is 32.2. The lowest BCUT2D eigenvalue weighted by Crippen LogP contribution is -2.54. The molecular formula is C32H39N3O6S. The number of hydrogen-bond acceptors (Lipinski definition) is 6. The third-order valence-corrected chi connectivity index (χ3v) is 8.12. The van der Waals surface area contributed by atoms with Gasteiger partial charge in [-0.3, -0.25) is 18.7 Å². The number of anilines is 1. The zero-order valence-electron chi connectivity index (χ0n) is 24.7. The molecule has 0 heterocycles. The molecular weight excluding hydrogens is 554 g/mol. The molecule has 42 heavy (non-hydrogen) atoms. The van der Waals surface area contributed by atoms with Crippen molar-refractivity contribution < 1.29 is 27.5 Å². The summed E-state index contributed by atoms with van der Waals surface area (Å²) < 4.78 is 32.3. The molecule has 3 rings (SSSR count). The van der Waals surface area contributed by atoms with Crippen LogP contribution in [0, 0.1) is 0 Å². The molecule has 0 aromatic heterocycles. The summed E-state index contributed by atoms with van der Waals surface area (Å²) in [5.74, 6) is -0.561. The molecule has 1 N–H and O–H groups in total. The first-order chi connectivity index (χ1) is 19.9. The van der Waals surface area contributed by atoms with E-state index in [0.29, 0.717) is 23.3 Å². The van der Waals surface area contributed by atoms with Crippen LogP contribution < -0.4 is 14.4 Å². The maximum absolute atomic E-state index is 14.2. The maximum Gasteiger partial charge on any atom is 0.244 e. The number of amides is 2. The number of hydrogen-bond donors (Lipinski definition) is 1. The van der Waals surface area contributed by atoms with Gasteiger partial charge >= 0.3 is 0 Å².